The van der Waals surface area contributed by atoms with E-state index in [0.29, 0.717) is 6.10 Å². The van der Waals surface area contributed by atoms with Crippen LogP contribution in [0.1, 0.15) is 27.7 Å². The zero-order valence-corrected chi connectivity index (χ0v) is 10.2. The molecule has 0 aromatic carbocycles. The lowest BCUT2D eigenvalue weighted by atomic mass is 10.4. The molecular formula is C11H26N2O. The number of hydrogen-bond acceptors (Lipinski definition) is 3. The Labute approximate surface area is 88.8 Å². The highest BCUT2D eigenvalue weighted by atomic mass is 16.5. The van der Waals surface area contributed by atoms with Crippen molar-refractivity contribution >= 4 is 0 Å². The first-order valence-electron chi connectivity index (χ1n) is 5.79. The number of nitrogens with one attached hydrogen (secondary N) is 1. The van der Waals surface area contributed by atoms with E-state index in [-0.39, 0.29) is 0 Å². The Morgan fingerprint density at radius 2 is 1.86 bits per heavy atom. The molecule has 0 radical (unpaired) electrons. The van der Waals surface area contributed by atoms with Crippen molar-refractivity contribution < 1.29 is 4.74 Å². The number of nitrogens with zero attached hydrogens (tertiary/aromatic N) is 1. The van der Waals surface area contributed by atoms with Crippen molar-refractivity contribution in [2.24, 2.45) is 0 Å². The molecule has 3 nitrogen and oxygen atoms in total. The van der Waals surface area contributed by atoms with Crippen LogP contribution in [0.5, 0.6) is 0 Å². The van der Waals surface area contributed by atoms with E-state index in [9.17, 15) is 0 Å². The third-order valence-electron chi connectivity index (χ3n) is 2.39. The molecule has 0 spiro atoms. The molecule has 0 amide bonds. The fourth-order valence-corrected chi connectivity index (χ4v) is 1.33. The highest BCUT2D eigenvalue weighted by Gasteiger charge is 2.02. The summed E-state index contributed by atoms with van der Waals surface area (Å²) in [6.45, 7) is 14.7. The highest BCUT2D eigenvalue weighted by Crippen LogP contribution is 1.91. The van der Waals surface area contributed by atoms with Gasteiger partial charge in [0.05, 0.1) is 12.7 Å². The summed E-state index contributed by atoms with van der Waals surface area (Å²) in [5, 5.41) is 3.28. The normalized spacial score (nSPS) is 13.5. The summed E-state index contributed by atoms with van der Waals surface area (Å²) in [6.07, 6.45) is 0.325. The first-order valence-corrected chi connectivity index (χ1v) is 5.79. The Kier molecular flexibility index (Phi) is 9.35. The molecule has 0 rings (SSSR count). The van der Waals surface area contributed by atoms with Crippen molar-refractivity contribution in [2.45, 2.75) is 33.8 Å². The number of ether oxygens (including phenoxy) is 1. The Balaban J connectivity index is 3.33. The van der Waals surface area contributed by atoms with E-state index in [2.05, 4.69) is 37.9 Å². The van der Waals surface area contributed by atoms with Gasteiger partial charge in [0.1, 0.15) is 0 Å². The van der Waals surface area contributed by atoms with Gasteiger partial charge in [-0.05, 0) is 26.6 Å². The van der Waals surface area contributed by atoms with Crippen molar-refractivity contribution in [1.82, 2.24) is 10.2 Å². The first kappa shape index (κ1) is 13.9. The monoisotopic (exact) mass is 202 g/mol. The zero-order chi connectivity index (χ0) is 10.8. The standard InChI is InChI=1S/C11H26N2O/c1-5-12-10-11(4)14-9-8-13(6-2)7-3/h11-12H,5-10H2,1-4H3. The molecule has 86 valence electrons. The van der Waals surface area contributed by atoms with E-state index in [0.717, 1.165) is 39.3 Å². The van der Waals surface area contributed by atoms with E-state index in [1.807, 2.05) is 0 Å². The second kappa shape index (κ2) is 9.44. The average molecular weight is 202 g/mol. The molecule has 0 aromatic heterocycles. The Morgan fingerprint density at radius 3 is 2.36 bits per heavy atom. The SMILES string of the molecule is CCNCC(C)OCCN(CC)CC. The van der Waals surface area contributed by atoms with Gasteiger partial charge in [0, 0.05) is 13.1 Å². The number of rotatable bonds is 9. The summed E-state index contributed by atoms with van der Waals surface area (Å²) < 4.78 is 5.67. The molecule has 0 aliphatic rings. The minimum Gasteiger partial charge on any atom is -0.376 e. The van der Waals surface area contributed by atoms with E-state index in [4.69, 9.17) is 4.74 Å². The van der Waals surface area contributed by atoms with Gasteiger partial charge in [-0.1, -0.05) is 20.8 Å². The molecule has 0 bridgehead atoms. The maximum atomic E-state index is 5.67. The van der Waals surface area contributed by atoms with Gasteiger partial charge in [0.2, 0.25) is 0 Å². The molecule has 0 fully saturated rings. The lowest BCUT2D eigenvalue weighted by Crippen LogP contribution is -2.31. The third kappa shape index (κ3) is 7.30. The molecule has 0 aliphatic carbocycles. The van der Waals surface area contributed by atoms with Crippen LogP contribution < -0.4 is 5.32 Å². The summed E-state index contributed by atoms with van der Waals surface area (Å²) in [4.78, 5) is 2.37. The van der Waals surface area contributed by atoms with E-state index in [1.165, 1.54) is 0 Å². The van der Waals surface area contributed by atoms with Gasteiger partial charge in [0.25, 0.3) is 0 Å². The Bertz CT molecular complexity index is 116. The zero-order valence-electron chi connectivity index (χ0n) is 10.2. The summed E-state index contributed by atoms with van der Waals surface area (Å²) in [7, 11) is 0. The first-order chi connectivity index (χ1) is 6.74. The second-order valence-electron chi connectivity index (χ2n) is 3.52. The van der Waals surface area contributed by atoms with Crippen LogP contribution in [0.15, 0.2) is 0 Å². The summed E-state index contributed by atoms with van der Waals surface area (Å²) >= 11 is 0. The minimum atomic E-state index is 0.325. The topological polar surface area (TPSA) is 24.5 Å². The minimum absolute atomic E-state index is 0.325. The van der Waals surface area contributed by atoms with Gasteiger partial charge >= 0.3 is 0 Å². The predicted octanol–water partition coefficient (Wildman–Crippen LogP) is 1.34. The fourth-order valence-electron chi connectivity index (χ4n) is 1.33. The molecule has 0 aliphatic heterocycles. The van der Waals surface area contributed by atoms with Crippen LogP contribution in [0.3, 0.4) is 0 Å². The maximum Gasteiger partial charge on any atom is 0.0672 e. The van der Waals surface area contributed by atoms with Gasteiger partial charge in [0.15, 0.2) is 0 Å². The van der Waals surface area contributed by atoms with Crippen LogP contribution in [0.25, 0.3) is 0 Å². The lowest BCUT2D eigenvalue weighted by Gasteiger charge is -2.19. The number of hydrogen-bond donors (Lipinski definition) is 1. The van der Waals surface area contributed by atoms with Crippen LogP contribution in [0.2, 0.25) is 0 Å². The average Bonchev–Trinajstić information content (AvgIpc) is 2.21. The van der Waals surface area contributed by atoms with E-state index in [1.54, 1.807) is 0 Å². The van der Waals surface area contributed by atoms with Crippen LogP contribution in [-0.4, -0.2) is 50.3 Å². The molecule has 0 heterocycles. The number of likely N-dealkylation sites (N-methyl/N-ethyl adjacent to an activating group) is 2. The van der Waals surface area contributed by atoms with E-state index < -0.39 is 0 Å². The highest BCUT2D eigenvalue weighted by molar-refractivity contribution is 4.56. The molecule has 0 aromatic rings. The van der Waals surface area contributed by atoms with Gasteiger partial charge in [-0.25, -0.2) is 0 Å². The van der Waals surface area contributed by atoms with Crippen LogP contribution in [-0.2, 0) is 4.74 Å². The van der Waals surface area contributed by atoms with Crippen molar-refractivity contribution in [1.29, 1.82) is 0 Å². The van der Waals surface area contributed by atoms with Gasteiger partial charge in [-0.3, -0.25) is 0 Å². The molecule has 3 heteroatoms. The van der Waals surface area contributed by atoms with Crippen LogP contribution >= 0.6 is 0 Å². The summed E-state index contributed by atoms with van der Waals surface area (Å²) in [5.74, 6) is 0. The van der Waals surface area contributed by atoms with E-state index >= 15 is 0 Å². The van der Waals surface area contributed by atoms with Gasteiger partial charge < -0.3 is 15.0 Å². The molecule has 1 atom stereocenters. The molecular weight excluding hydrogens is 176 g/mol. The maximum absolute atomic E-state index is 5.67. The second-order valence-corrected chi connectivity index (χ2v) is 3.52. The van der Waals surface area contributed by atoms with Crippen LogP contribution in [0, 0.1) is 0 Å². The van der Waals surface area contributed by atoms with Crippen LogP contribution in [0.4, 0.5) is 0 Å². The predicted molar refractivity (Wildman–Crippen MR) is 61.7 cm³/mol. The molecule has 1 N–H and O–H groups in total. The van der Waals surface area contributed by atoms with Crippen molar-refractivity contribution in [3.8, 4) is 0 Å². The largest absolute Gasteiger partial charge is 0.376 e. The van der Waals surface area contributed by atoms with Gasteiger partial charge in [-0.15, -0.1) is 0 Å². The quantitative estimate of drug-likeness (QED) is 0.611. The summed E-state index contributed by atoms with van der Waals surface area (Å²) in [6, 6.07) is 0. The van der Waals surface area contributed by atoms with Crippen molar-refractivity contribution in [3.63, 3.8) is 0 Å². The Morgan fingerprint density at radius 1 is 1.21 bits per heavy atom. The molecule has 0 saturated heterocycles. The summed E-state index contributed by atoms with van der Waals surface area (Å²) in [5.41, 5.74) is 0. The molecule has 1 unspecified atom stereocenters. The molecule has 0 saturated carbocycles. The van der Waals surface area contributed by atoms with Gasteiger partial charge in [-0.2, -0.15) is 0 Å². The Hall–Kier alpha value is -0.120. The lowest BCUT2D eigenvalue weighted by molar-refractivity contribution is 0.0505. The fraction of sp³-hybridized carbons (Fsp3) is 1.00. The van der Waals surface area contributed by atoms with Crippen molar-refractivity contribution in [2.75, 3.05) is 39.3 Å². The molecule has 14 heavy (non-hydrogen) atoms. The smallest absolute Gasteiger partial charge is 0.0672 e. The third-order valence-corrected chi connectivity index (χ3v) is 2.39. The van der Waals surface area contributed by atoms with Crippen molar-refractivity contribution in [3.05, 3.63) is 0 Å².